The second-order valence-electron chi connectivity index (χ2n) is 5.13. The van der Waals surface area contributed by atoms with Crippen molar-refractivity contribution in [3.8, 4) is 0 Å². The SMILES string of the molecule is CCC1(c2cc(F)c3cnc(N)nn23)CCCC1. The highest BCUT2D eigenvalue weighted by atomic mass is 19.1. The Morgan fingerprint density at radius 1 is 1.44 bits per heavy atom. The number of halogens is 1. The Morgan fingerprint density at radius 3 is 2.83 bits per heavy atom. The number of rotatable bonds is 2. The van der Waals surface area contributed by atoms with Crippen LogP contribution >= 0.6 is 0 Å². The molecule has 1 aliphatic rings. The van der Waals surface area contributed by atoms with Crippen LogP contribution in [0.3, 0.4) is 0 Å². The third-order valence-corrected chi connectivity index (χ3v) is 4.27. The summed E-state index contributed by atoms with van der Waals surface area (Å²) in [5.41, 5.74) is 7.03. The number of aromatic nitrogens is 3. The monoisotopic (exact) mass is 248 g/mol. The molecule has 2 aromatic rings. The van der Waals surface area contributed by atoms with Gasteiger partial charge in [-0.05, 0) is 25.3 Å². The van der Waals surface area contributed by atoms with Crippen molar-refractivity contribution in [3.05, 3.63) is 23.8 Å². The van der Waals surface area contributed by atoms with Gasteiger partial charge in [-0.15, -0.1) is 5.10 Å². The van der Waals surface area contributed by atoms with Gasteiger partial charge >= 0.3 is 0 Å². The highest BCUT2D eigenvalue weighted by molar-refractivity contribution is 5.50. The van der Waals surface area contributed by atoms with E-state index in [1.807, 2.05) is 0 Å². The topological polar surface area (TPSA) is 56.2 Å². The van der Waals surface area contributed by atoms with Crippen molar-refractivity contribution >= 4 is 11.5 Å². The summed E-state index contributed by atoms with van der Waals surface area (Å²) in [4.78, 5) is 3.86. The fraction of sp³-hybridized carbons (Fsp3) is 0.538. The highest BCUT2D eigenvalue weighted by Crippen LogP contribution is 2.44. The van der Waals surface area contributed by atoms with Gasteiger partial charge < -0.3 is 5.73 Å². The summed E-state index contributed by atoms with van der Waals surface area (Å²) >= 11 is 0. The van der Waals surface area contributed by atoms with Gasteiger partial charge in [-0.3, -0.25) is 0 Å². The van der Waals surface area contributed by atoms with Crippen LogP contribution in [0.5, 0.6) is 0 Å². The molecule has 4 nitrogen and oxygen atoms in total. The normalized spacial score (nSPS) is 18.6. The first-order valence-corrected chi connectivity index (χ1v) is 6.46. The lowest BCUT2D eigenvalue weighted by atomic mass is 9.80. The Hall–Kier alpha value is -1.65. The third-order valence-electron chi connectivity index (χ3n) is 4.27. The molecule has 96 valence electrons. The Morgan fingerprint density at radius 2 is 2.17 bits per heavy atom. The average molecular weight is 248 g/mol. The fourth-order valence-corrected chi connectivity index (χ4v) is 3.19. The van der Waals surface area contributed by atoms with E-state index in [1.165, 1.54) is 19.0 Å². The molecular weight excluding hydrogens is 231 g/mol. The lowest BCUT2D eigenvalue weighted by molar-refractivity contribution is 0.404. The highest BCUT2D eigenvalue weighted by Gasteiger charge is 2.37. The molecule has 0 aliphatic heterocycles. The minimum atomic E-state index is -0.260. The molecule has 3 rings (SSSR count). The quantitative estimate of drug-likeness (QED) is 0.889. The smallest absolute Gasteiger partial charge is 0.238 e. The van der Waals surface area contributed by atoms with Gasteiger partial charge in [0.15, 0.2) is 5.82 Å². The van der Waals surface area contributed by atoms with Crippen molar-refractivity contribution < 1.29 is 4.39 Å². The van der Waals surface area contributed by atoms with Gasteiger partial charge in [0.05, 0.1) is 11.9 Å². The van der Waals surface area contributed by atoms with Crippen LogP contribution in [-0.4, -0.2) is 14.6 Å². The lowest BCUT2D eigenvalue weighted by Gasteiger charge is -2.26. The van der Waals surface area contributed by atoms with E-state index in [2.05, 4.69) is 17.0 Å². The maximum absolute atomic E-state index is 14.0. The molecule has 5 heteroatoms. The first kappa shape index (κ1) is 11.4. The van der Waals surface area contributed by atoms with Crippen LogP contribution in [0.15, 0.2) is 12.3 Å². The van der Waals surface area contributed by atoms with E-state index in [4.69, 9.17) is 5.73 Å². The summed E-state index contributed by atoms with van der Waals surface area (Å²) in [6, 6.07) is 1.61. The van der Waals surface area contributed by atoms with Crippen LogP contribution < -0.4 is 5.73 Å². The van der Waals surface area contributed by atoms with Crippen molar-refractivity contribution in [1.29, 1.82) is 0 Å². The van der Waals surface area contributed by atoms with Gasteiger partial charge in [0.25, 0.3) is 0 Å². The number of nitrogen functional groups attached to an aromatic ring is 1. The third kappa shape index (κ3) is 1.50. The zero-order valence-corrected chi connectivity index (χ0v) is 10.5. The van der Waals surface area contributed by atoms with Gasteiger partial charge in [0.1, 0.15) is 5.52 Å². The van der Waals surface area contributed by atoms with E-state index < -0.39 is 0 Å². The molecule has 2 aromatic heterocycles. The molecule has 0 bridgehead atoms. The zero-order valence-electron chi connectivity index (χ0n) is 10.5. The number of nitrogens with zero attached hydrogens (tertiary/aromatic N) is 3. The zero-order chi connectivity index (χ0) is 12.8. The molecule has 0 radical (unpaired) electrons. The predicted molar refractivity (Wildman–Crippen MR) is 67.8 cm³/mol. The standard InChI is InChI=1S/C13H17FN4/c1-2-13(5-3-4-6-13)11-7-9(14)10-8-16-12(15)17-18(10)11/h7-8H,2-6H2,1H3,(H2,15,17). The number of fused-ring (bicyclic) bond motifs is 1. The Kier molecular flexibility index (Phi) is 2.50. The maximum atomic E-state index is 14.0. The molecular formula is C13H17FN4. The molecule has 0 amide bonds. The molecule has 0 atom stereocenters. The maximum Gasteiger partial charge on any atom is 0.238 e. The molecule has 0 unspecified atom stereocenters. The second-order valence-corrected chi connectivity index (χ2v) is 5.13. The Bertz CT molecular complexity index is 584. The number of hydrogen-bond acceptors (Lipinski definition) is 3. The van der Waals surface area contributed by atoms with Crippen molar-refractivity contribution in [2.75, 3.05) is 5.73 Å². The summed E-state index contributed by atoms with van der Waals surface area (Å²) in [5.74, 6) is -0.0756. The second kappa shape index (κ2) is 3.93. The fourth-order valence-electron chi connectivity index (χ4n) is 3.19. The summed E-state index contributed by atoms with van der Waals surface area (Å²) < 4.78 is 15.6. The lowest BCUT2D eigenvalue weighted by Crippen LogP contribution is -2.23. The molecule has 0 saturated heterocycles. The summed E-state index contributed by atoms with van der Waals surface area (Å²) in [5, 5.41) is 4.18. The first-order valence-electron chi connectivity index (χ1n) is 6.46. The van der Waals surface area contributed by atoms with E-state index in [-0.39, 0.29) is 17.2 Å². The molecule has 0 aromatic carbocycles. The molecule has 18 heavy (non-hydrogen) atoms. The van der Waals surface area contributed by atoms with Gasteiger partial charge in [-0.1, -0.05) is 19.8 Å². The van der Waals surface area contributed by atoms with Crippen LogP contribution in [0.1, 0.15) is 44.7 Å². The van der Waals surface area contributed by atoms with Crippen molar-refractivity contribution in [2.24, 2.45) is 0 Å². The molecule has 1 fully saturated rings. The van der Waals surface area contributed by atoms with Gasteiger partial charge in [-0.25, -0.2) is 13.9 Å². The van der Waals surface area contributed by atoms with Crippen LogP contribution in [-0.2, 0) is 5.41 Å². The summed E-state index contributed by atoms with van der Waals surface area (Å²) in [7, 11) is 0. The molecule has 1 aliphatic carbocycles. The van der Waals surface area contributed by atoms with Crippen LogP contribution in [0.2, 0.25) is 0 Å². The predicted octanol–water partition coefficient (Wildman–Crippen LogP) is 2.67. The average Bonchev–Trinajstić information content (AvgIpc) is 2.95. The number of anilines is 1. The van der Waals surface area contributed by atoms with Crippen LogP contribution in [0, 0.1) is 5.82 Å². The van der Waals surface area contributed by atoms with Gasteiger partial charge in [-0.2, -0.15) is 0 Å². The minimum Gasteiger partial charge on any atom is -0.367 e. The van der Waals surface area contributed by atoms with E-state index >= 15 is 0 Å². The van der Waals surface area contributed by atoms with Gasteiger partial charge in [0, 0.05) is 5.41 Å². The largest absolute Gasteiger partial charge is 0.367 e. The van der Waals surface area contributed by atoms with E-state index in [0.717, 1.165) is 25.0 Å². The van der Waals surface area contributed by atoms with E-state index in [0.29, 0.717) is 5.52 Å². The van der Waals surface area contributed by atoms with Crippen molar-refractivity contribution in [1.82, 2.24) is 14.6 Å². The summed E-state index contributed by atoms with van der Waals surface area (Å²) in [6.45, 7) is 2.16. The molecule has 1 saturated carbocycles. The molecule has 0 spiro atoms. The summed E-state index contributed by atoms with van der Waals surface area (Å²) in [6.07, 6.45) is 7.05. The first-order chi connectivity index (χ1) is 8.66. The number of nitrogens with two attached hydrogens (primary N) is 1. The Balaban J connectivity index is 2.25. The van der Waals surface area contributed by atoms with E-state index in [9.17, 15) is 4.39 Å². The molecule has 2 heterocycles. The van der Waals surface area contributed by atoms with Crippen molar-refractivity contribution in [2.45, 2.75) is 44.4 Å². The van der Waals surface area contributed by atoms with Gasteiger partial charge in [0.2, 0.25) is 5.95 Å². The van der Waals surface area contributed by atoms with Crippen LogP contribution in [0.25, 0.3) is 5.52 Å². The van der Waals surface area contributed by atoms with Crippen molar-refractivity contribution in [3.63, 3.8) is 0 Å². The Labute approximate surface area is 105 Å². The molecule has 2 N–H and O–H groups in total. The number of hydrogen-bond donors (Lipinski definition) is 1. The van der Waals surface area contributed by atoms with E-state index in [1.54, 1.807) is 10.6 Å². The van der Waals surface area contributed by atoms with Crippen LogP contribution in [0.4, 0.5) is 10.3 Å². The minimum absolute atomic E-state index is 0.0497.